The molecular formula is C12H23NO2. The van der Waals surface area contributed by atoms with Crippen molar-refractivity contribution in [1.82, 2.24) is 4.90 Å². The number of hydrogen-bond acceptors (Lipinski definition) is 3. The van der Waals surface area contributed by atoms with Gasteiger partial charge in [0.2, 0.25) is 0 Å². The largest absolute Gasteiger partial charge is 0.395 e. The normalized spacial score (nSPS) is 24.4. The first-order valence-electron chi connectivity index (χ1n) is 6.33. The molecule has 88 valence electrons. The van der Waals surface area contributed by atoms with Gasteiger partial charge in [0, 0.05) is 32.3 Å². The molecule has 0 amide bonds. The van der Waals surface area contributed by atoms with E-state index in [2.05, 4.69) is 4.90 Å². The molecule has 0 spiro atoms. The van der Waals surface area contributed by atoms with Crippen molar-refractivity contribution in [2.75, 3.05) is 32.9 Å². The van der Waals surface area contributed by atoms with Gasteiger partial charge in [0.1, 0.15) is 0 Å². The van der Waals surface area contributed by atoms with Crippen LogP contribution in [-0.4, -0.2) is 49.0 Å². The maximum absolute atomic E-state index is 9.07. The third kappa shape index (κ3) is 3.16. The van der Waals surface area contributed by atoms with E-state index in [1.54, 1.807) is 0 Å². The number of ether oxygens (including phenoxy) is 1. The predicted octanol–water partition coefficient (Wildman–Crippen LogP) is 1.26. The fourth-order valence-electron chi connectivity index (χ4n) is 2.56. The van der Waals surface area contributed by atoms with Crippen molar-refractivity contribution >= 4 is 0 Å². The van der Waals surface area contributed by atoms with Gasteiger partial charge in [-0.2, -0.15) is 0 Å². The SMILES string of the molecule is OCCN(CC1CCOCC1)C1CCC1. The lowest BCUT2D eigenvalue weighted by Crippen LogP contribution is -2.45. The van der Waals surface area contributed by atoms with Crippen LogP contribution in [0.5, 0.6) is 0 Å². The fraction of sp³-hybridized carbons (Fsp3) is 1.00. The van der Waals surface area contributed by atoms with Crippen LogP contribution >= 0.6 is 0 Å². The highest BCUT2D eigenvalue weighted by atomic mass is 16.5. The molecule has 0 radical (unpaired) electrons. The van der Waals surface area contributed by atoms with Crippen molar-refractivity contribution in [3.63, 3.8) is 0 Å². The second-order valence-corrected chi connectivity index (χ2v) is 4.86. The molecule has 2 rings (SSSR count). The molecule has 1 aliphatic heterocycles. The minimum Gasteiger partial charge on any atom is -0.395 e. The summed E-state index contributed by atoms with van der Waals surface area (Å²) in [5.74, 6) is 0.797. The van der Waals surface area contributed by atoms with E-state index in [-0.39, 0.29) is 0 Å². The van der Waals surface area contributed by atoms with E-state index in [1.807, 2.05) is 0 Å². The first-order chi connectivity index (χ1) is 7.40. The van der Waals surface area contributed by atoms with Gasteiger partial charge in [-0.05, 0) is 31.6 Å². The second-order valence-electron chi connectivity index (χ2n) is 4.86. The van der Waals surface area contributed by atoms with Crippen molar-refractivity contribution in [1.29, 1.82) is 0 Å². The van der Waals surface area contributed by atoms with E-state index < -0.39 is 0 Å². The predicted molar refractivity (Wildman–Crippen MR) is 59.8 cm³/mol. The lowest BCUT2D eigenvalue weighted by molar-refractivity contribution is 0.0294. The van der Waals surface area contributed by atoms with Gasteiger partial charge >= 0.3 is 0 Å². The molecule has 1 aliphatic carbocycles. The van der Waals surface area contributed by atoms with E-state index in [0.29, 0.717) is 6.61 Å². The van der Waals surface area contributed by atoms with Gasteiger partial charge < -0.3 is 9.84 Å². The Balaban J connectivity index is 1.76. The summed E-state index contributed by atoms with van der Waals surface area (Å²) in [6.07, 6.45) is 6.45. The summed E-state index contributed by atoms with van der Waals surface area (Å²) in [4.78, 5) is 2.50. The second kappa shape index (κ2) is 5.83. The molecule has 1 saturated heterocycles. The molecule has 1 N–H and O–H groups in total. The van der Waals surface area contributed by atoms with Crippen LogP contribution in [-0.2, 0) is 4.74 Å². The maximum atomic E-state index is 9.07. The summed E-state index contributed by atoms with van der Waals surface area (Å²) >= 11 is 0. The highest BCUT2D eigenvalue weighted by Gasteiger charge is 2.27. The Hall–Kier alpha value is -0.120. The lowest BCUT2D eigenvalue weighted by atomic mass is 9.89. The number of aliphatic hydroxyl groups excluding tert-OH is 1. The van der Waals surface area contributed by atoms with Crippen molar-refractivity contribution < 1.29 is 9.84 Å². The molecule has 2 aliphatic rings. The van der Waals surface area contributed by atoms with Gasteiger partial charge in [-0.15, -0.1) is 0 Å². The summed E-state index contributed by atoms with van der Waals surface area (Å²) in [6.45, 7) is 4.21. The van der Waals surface area contributed by atoms with Crippen LogP contribution in [0.2, 0.25) is 0 Å². The third-order valence-electron chi connectivity index (χ3n) is 3.81. The summed E-state index contributed by atoms with van der Waals surface area (Å²) in [5.41, 5.74) is 0. The van der Waals surface area contributed by atoms with E-state index >= 15 is 0 Å². The first-order valence-corrected chi connectivity index (χ1v) is 6.33. The minimum atomic E-state index is 0.305. The van der Waals surface area contributed by atoms with Crippen LogP contribution in [0.3, 0.4) is 0 Å². The molecule has 3 heteroatoms. The number of rotatable bonds is 5. The number of hydrogen-bond donors (Lipinski definition) is 1. The molecule has 15 heavy (non-hydrogen) atoms. The van der Waals surface area contributed by atoms with Gasteiger partial charge in [-0.1, -0.05) is 6.42 Å². The monoisotopic (exact) mass is 213 g/mol. The minimum absolute atomic E-state index is 0.305. The van der Waals surface area contributed by atoms with Crippen LogP contribution in [0.4, 0.5) is 0 Å². The number of aliphatic hydroxyl groups is 1. The molecule has 3 nitrogen and oxygen atoms in total. The van der Waals surface area contributed by atoms with E-state index in [1.165, 1.54) is 38.6 Å². The van der Waals surface area contributed by atoms with Gasteiger partial charge in [0.25, 0.3) is 0 Å². The summed E-state index contributed by atoms with van der Waals surface area (Å²) in [5, 5.41) is 9.07. The lowest BCUT2D eigenvalue weighted by Gasteiger charge is -2.39. The molecule has 0 aromatic heterocycles. The zero-order chi connectivity index (χ0) is 10.5. The summed E-state index contributed by atoms with van der Waals surface area (Å²) in [6, 6.07) is 0.764. The fourth-order valence-corrected chi connectivity index (χ4v) is 2.56. The quantitative estimate of drug-likeness (QED) is 0.746. The Kier molecular flexibility index (Phi) is 4.42. The zero-order valence-corrected chi connectivity index (χ0v) is 9.53. The average molecular weight is 213 g/mol. The Morgan fingerprint density at radius 3 is 2.40 bits per heavy atom. The Morgan fingerprint density at radius 1 is 1.13 bits per heavy atom. The molecule has 1 heterocycles. The van der Waals surface area contributed by atoms with Gasteiger partial charge in [0.15, 0.2) is 0 Å². The van der Waals surface area contributed by atoms with Crippen LogP contribution < -0.4 is 0 Å². The molecular weight excluding hydrogens is 190 g/mol. The zero-order valence-electron chi connectivity index (χ0n) is 9.53. The number of nitrogens with zero attached hydrogens (tertiary/aromatic N) is 1. The standard InChI is InChI=1S/C12H23NO2/c14-7-6-13(12-2-1-3-12)10-11-4-8-15-9-5-11/h11-12,14H,1-10H2. The van der Waals surface area contributed by atoms with Crippen LogP contribution in [0.15, 0.2) is 0 Å². The van der Waals surface area contributed by atoms with Crippen molar-refractivity contribution in [2.24, 2.45) is 5.92 Å². The highest BCUT2D eigenvalue weighted by Crippen LogP contribution is 2.27. The smallest absolute Gasteiger partial charge is 0.0558 e. The Labute approximate surface area is 92.4 Å². The molecule has 0 bridgehead atoms. The first kappa shape index (κ1) is 11.4. The van der Waals surface area contributed by atoms with Crippen molar-refractivity contribution in [2.45, 2.75) is 38.1 Å². The van der Waals surface area contributed by atoms with Crippen LogP contribution in [0.1, 0.15) is 32.1 Å². The van der Waals surface area contributed by atoms with E-state index in [4.69, 9.17) is 9.84 Å². The molecule has 0 atom stereocenters. The highest BCUT2D eigenvalue weighted by molar-refractivity contribution is 4.82. The molecule has 0 aromatic carbocycles. The maximum Gasteiger partial charge on any atom is 0.0558 e. The average Bonchev–Trinajstić information content (AvgIpc) is 2.17. The molecule has 0 aromatic rings. The van der Waals surface area contributed by atoms with Crippen molar-refractivity contribution in [3.05, 3.63) is 0 Å². The Bertz CT molecular complexity index is 176. The molecule has 2 fully saturated rings. The van der Waals surface area contributed by atoms with Crippen LogP contribution in [0.25, 0.3) is 0 Å². The third-order valence-corrected chi connectivity index (χ3v) is 3.81. The molecule has 0 unspecified atom stereocenters. The van der Waals surface area contributed by atoms with E-state index in [0.717, 1.165) is 31.7 Å². The summed E-state index contributed by atoms with van der Waals surface area (Å²) < 4.78 is 5.37. The van der Waals surface area contributed by atoms with Gasteiger partial charge in [-0.3, -0.25) is 4.90 Å². The van der Waals surface area contributed by atoms with Gasteiger partial charge in [0.05, 0.1) is 6.61 Å². The molecule has 1 saturated carbocycles. The van der Waals surface area contributed by atoms with Crippen molar-refractivity contribution in [3.8, 4) is 0 Å². The topological polar surface area (TPSA) is 32.7 Å². The van der Waals surface area contributed by atoms with Crippen LogP contribution in [0, 0.1) is 5.92 Å². The van der Waals surface area contributed by atoms with E-state index in [9.17, 15) is 0 Å². The summed E-state index contributed by atoms with van der Waals surface area (Å²) in [7, 11) is 0. The Morgan fingerprint density at radius 2 is 1.87 bits per heavy atom. The van der Waals surface area contributed by atoms with Gasteiger partial charge in [-0.25, -0.2) is 0 Å².